The molecule has 5 rings (SSSR count). The molecule has 0 saturated carbocycles. The molecule has 19 heteroatoms. The average molecular weight is 725 g/mol. The fraction of sp³-hybridized carbons (Fsp3) is 0.481. The number of rotatable bonds is 7. The van der Waals surface area contributed by atoms with Gasteiger partial charge in [-0.15, -0.1) is 0 Å². The van der Waals surface area contributed by atoms with Crippen molar-refractivity contribution in [2.75, 3.05) is 26.7 Å². The van der Waals surface area contributed by atoms with Crippen molar-refractivity contribution in [1.82, 2.24) is 9.55 Å². The van der Waals surface area contributed by atoms with Crippen LogP contribution >= 0.6 is 15.6 Å². The van der Waals surface area contributed by atoms with Gasteiger partial charge in [-0.1, -0.05) is 18.6 Å². The number of quaternary nitrogens is 1. The van der Waals surface area contributed by atoms with Gasteiger partial charge in [-0.2, -0.15) is 4.57 Å². The minimum atomic E-state index is -10.7. The Hall–Kier alpha value is -2.51. The number of benzene rings is 2. The van der Waals surface area contributed by atoms with Gasteiger partial charge in [0, 0.05) is 12.6 Å². The van der Waals surface area contributed by atoms with Gasteiger partial charge >= 0.3 is 66.0 Å². The Morgan fingerprint density at radius 3 is 1.89 bits per heavy atom. The number of unbranched alkanes of at least 4 members (excludes halogenated alkanes) is 3. The summed E-state index contributed by atoms with van der Waals surface area (Å²) in [6.07, 6.45) is 9.14. The van der Waals surface area contributed by atoms with E-state index in [0.717, 1.165) is 46.1 Å². The molecule has 0 spiro atoms. The van der Waals surface area contributed by atoms with Crippen molar-refractivity contribution in [3.63, 3.8) is 0 Å². The number of aromatic nitrogens is 3. The van der Waals surface area contributed by atoms with E-state index in [1.165, 1.54) is 62.6 Å². The third kappa shape index (κ3) is 14.1. The van der Waals surface area contributed by atoms with Crippen molar-refractivity contribution in [3.05, 3.63) is 48.3 Å². The molecule has 0 radical (unpaired) electrons. The van der Waals surface area contributed by atoms with Crippen LogP contribution < -0.4 is 4.57 Å². The molecular weight excluding hydrogens is 689 g/mol. The molecule has 1 saturated heterocycles. The van der Waals surface area contributed by atoms with Crippen molar-refractivity contribution >= 4 is 48.7 Å². The van der Waals surface area contributed by atoms with E-state index in [1.807, 2.05) is 18.2 Å². The number of fused-ring (bicyclic) bond motifs is 4. The number of piperidine rings is 1. The van der Waals surface area contributed by atoms with Gasteiger partial charge in [-0.05, 0) is 62.8 Å². The van der Waals surface area contributed by atoms with E-state index < -0.39 is 15.6 Å². The predicted octanol–water partition coefficient (Wildman–Crippen LogP) is 12.3. The minimum absolute atomic E-state index is 0.195. The topological polar surface area (TPSA) is 21.7 Å². The molecule has 0 amide bonds. The monoisotopic (exact) mass is 724 g/mol. The average Bonchev–Trinajstić information content (AvgIpc) is 3.15. The summed E-state index contributed by atoms with van der Waals surface area (Å²) >= 11 is 0. The zero-order valence-corrected chi connectivity index (χ0v) is 26.7. The first-order chi connectivity index (χ1) is 20.5. The molecular formula is C27H35F13N4P2. The van der Waals surface area contributed by atoms with E-state index in [9.17, 15) is 54.8 Å². The van der Waals surface area contributed by atoms with Crippen LogP contribution in [0.15, 0.2) is 42.5 Å². The fourth-order valence-electron chi connectivity index (χ4n) is 5.66. The second kappa shape index (κ2) is 11.6. The summed E-state index contributed by atoms with van der Waals surface area (Å²) in [7, 11) is -16.8. The molecule has 3 heterocycles. The third-order valence-electron chi connectivity index (χ3n) is 7.50. The third-order valence-corrected chi connectivity index (χ3v) is 7.50. The van der Waals surface area contributed by atoms with Crippen LogP contribution in [0, 0.1) is 5.82 Å². The van der Waals surface area contributed by atoms with Gasteiger partial charge in [-0.3, -0.25) is 0 Å². The first kappa shape index (κ1) is 37.9. The molecule has 0 aliphatic carbocycles. The Kier molecular flexibility index (Phi) is 9.55. The second-order valence-corrected chi connectivity index (χ2v) is 15.7. The number of aryl methyl sites for hydroxylation is 2. The van der Waals surface area contributed by atoms with Crippen LogP contribution in [0.3, 0.4) is 0 Å². The van der Waals surface area contributed by atoms with E-state index in [0.29, 0.717) is 0 Å². The van der Waals surface area contributed by atoms with E-state index in [2.05, 4.69) is 35.4 Å². The van der Waals surface area contributed by atoms with Crippen LogP contribution in [-0.2, 0) is 13.6 Å². The first-order valence-electron chi connectivity index (χ1n) is 14.3. The number of hydrogen-bond acceptors (Lipinski definition) is 1. The van der Waals surface area contributed by atoms with Crippen molar-refractivity contribution < 1.29 is 63.8 Å². The number of likely N-dealkylation sites (tertiary alicyclic amines) is 1. The van der Waals surface area contributed by atoms with Crippen molar-refractivity contribution in [3.8, 4) is 0 Å². The molecule has 2 aromatic heterocycles. The number of hydrogen-bond donors (Lipinski definition) is 0. The standard InChI is InChI=1S/C27H35FN4.2F6P/c1-30-25-13-7-6-12-23(25)29-27-26(30)22-20-21(28)14-15-24(22)31(27)16-8-3-4-9-17-32(2)18-10-5-11-19-32;2*1-7(2,3,4,5)6/h6-7,12-15,20H,3-5,8-11,16-19H2,1-2H3;;/q+2;2*-1. The summed E-state index contributed by atoms with van der Waals surface area (Å²) in [5.41, 5.74) is 5.09. The van der Waals surface area contributed by atoms with E-state index >= 15 is 0 Å². The molecule has 0 atom stereocenters. The molecule has 0 N–H and O–H groups in total. The molecule has 0 bridgehead atoms. The van der Waals surface area contributed by atoms with Crippen LogP contribution in [0.2, 0.25) is 0 Å². The Labute approximate surface area is 255 Å². The van der Waals surface area contributed by atoms with Gasteiger partial charge < -0.3 is 9.05 Å². The van der Waals surface area contributed by atoms with Crippen molar-refractivity contribution in [2.45, 2.75) is 51.5 Å². The summed E-state index contributed by atoms with van der Waals surface area (Å²) in [6, 6.07) is 13.3. The Morgan fingerprint density at radius 2 is 1.30 bits per heavy atom. The van der Waals surface area contributed by atoms with Gasteiger partial charge in [0.05, 0.1) is 37.6 Å². The number of nitrogens with zero attached hydrogens (tertiary/aromatic N) is 4. The first-order valence-corrected chi connectivity index (χ1v) is 18.3. The van der Waals surface area contributed by atoms with Gasteiger partial charge in [-0.25, -0.2) is 9.37 Å². The van der Waals surface area contributed by atoms with Crippen LogP contribution in [0.4, 0.5) is 54.8 Å². The molecule has 1 aliphatic heterocycles. The molecule has 4 aromatic rings. The van der Waals surface area contributed by atoms with Gasteiger partial charge in [0.15, 0.2) is 0 Å². The molecule has 0 unspecified atom stereocenters. The maximum atomic E-state index is 14.2. The molecule has 1 aliphatic rings. The summed E-state index contributed by atoms with van der Waals surface area (Å²) in [4.78, 5) is 5.01. The van der Waals surface area contributed by atoms with E-state index in [4.69, 9.17) is 4.98 Å². The SMILES string of the molecule is C[n+]1c2ccccc2nc2c1c1cc(F)ccc1n2CCCCCC[N+]1(C)CCCCC1.F[P-](F)(F)(F)(F)F.F[P-](F)(F)(F)(F)F. The quantitative estimate of drug-likeness (QED) is 0.0611. The fourth-order valence-corrected chi connectivity index (χ4v) is 5.66. The Balaban J connectivity index is 0.000000345. The summed E-state index contributed by atoms with van der Waals surface area (Å²) in [5.74, 6) is -0.195. The molecule has 46 heavy (non-hydrogen) atoms. The Bertz CT molecular complexity index is 1650. The summed E-state index contributed by atoms with van der Waals surface area (Å²) in [5, 5.41) is 0.947. The predicted molar refractivity (Wildman–Crippen MR) is 156 cm³/mol. The number of halogens is 13. The summed E-state index contributed by atoms with van der Waals surface area (Å²) in [6.45, 7) is 4.95. The molecule has 264 valence electrons. The number of para-hydroxylation sites is 2. The maximum absolute atomic E-state index is 14.2. The zero-order valence-electron chi connectivity index (χ0n) is 24.9. The van der Waals surface area contributed by atoms with Gasteiger partial charge in [0.2, 0.25) is 11.2 Å². The normalized spacial score (nSPS) is 18.4. The molecule has 1 fully saturated rings. The van der Waals surface area contributed by atoms with Crippen molar-refractivity contribution in [2.24, 2.45) is 7.05 Å². The second-order valence-electron chi connectivity index (χ2n) is 11.8. The van der Waals surface area contributed by atoms with Gasteiger partial charge in [0.1, 0.15) is 18.4 Å². The van der Waals surface area contributed by atoms with Crippen molar-refractivity contribution in [1.29, 1.82) is 0 Å². The zero-order chi connectivity index (χ0) is 34.9. The van der Waals surface area contributed by atoms with Gasteiger partial charge in [0.25, 0.3) is 5.52 Å². The van der Waals surface area contributed by atoms with Crippen LogP contribution in [0.5, 0.6) is 0 Å². The van der Waals surface area contributed by atoms with Crippen LogP contribution in [0.25, 0.3) is 33.1 Å². The van der Waals surface area contributed by atoms with E-state index in [1.54, 1.807) is 12.1 Å². The van der Waals surface area contributed by atoms with Crippen LogP contribution in [0.1, 0.15) is 44.9 Å². The molecule has 4 nitrogen and oxygen atoms in total. The van der Waals surface area contributed by atoms with E-state index in [-0.39, 0.29) is 5.82 Å². The van der Waals surface area contributed by atoms with Crippen LogP contribution in [-0.4, -0.2) is 40.7 Å². The summed E-state index contributed by atoms with van der Waals surface area (Å²) < 4.78 is 138. The molecule has 2 aromatic carbocycles. The Morgan fingerprint density at radius 1 is 0.761 bits per heavy atom.